The van der Waals surface area contributed by atoms with E-state index in [2.05, 4.69) is 5.32 Å². The third-order valence-corrected chi connectivity index (χ3v) is 3.18. The second-order valence-corrected chi connectivity index (χ2v) is 4.81. The summed E-state index contributed by atoms with van der Waals surface area (Å²) in [6, 6.07) is 9.11. The minimum Gasteiger partial charge on any atom is -0.504 e. The molecule has 0 bridgehead atoms. The summed E-state index contributed by atoms with van der Waals surface area (Å²) in [5.41, 5.74) is 0.679. The first kappa shape index (κ1) is 14.5. The van der Waals surface area contributed by atoms with E-state index < -0.39 is 5.91 Å². The van der Waals surface area contributed by atoms with Crippen LogP contribution in [0.4, 0.5) is 5.69 Å². The standard InChI is InChI=1S/C14H11Cl2NO3/c1-20-13-5-2-8(6-12(13)18)14(19)17-11-7-9(15)3-4-10(11)16/h2-7,18H,1H3,(H,17,19). The van der Waals surface area contributed by atoms with Crippen LogP contribution in [-0.4, -0.2) is 18.1 Å². The van der Waals surface area contributed by atoms with Crippen LogP contribution in [0, 0.1) is 0 Å². The summed E-state index contributed by atoms with van der Waals surface area (Å²) in [6.07, 6.45) is 0. The summed E-state index contributed by atoms with van der Waals surface area (Å²) >= 11 is 11.8. The zero-order chi connectivity index (χ0) is 14.7. The fourth-order valence-electron chi connectivity index (χ4n) is 1.62. The molecule has 20 heavy (non-hydrogen) atoms. The number of phenolic OH excluding ortho intramolecular Hbond substituents is 1. The van der Waals surface area contributed by atoms with Crippen molar-refractivity contribution < 1.29 is 14.6 Å². The maximum Gasteiger partial charge on any atom is 0.255 e. The van der Waals surface area contributed by atoms with Gasteiger partial charge in [0.05, 0.1) is 17.8 Å². The van der Waals surface area contributed by atoms with Gasteiger partial charge in [-0.15, -0.1) is 0 Å². The van der Waals surface area contributed by atoms with E-state index >= 15 is 0 Å². The number of amides is 1. The monoisotopic (exact) mass is 311 g/mol. The number of benzene rings is 2. The van der Waals surface area contributed by atoms with Crippen LogP contribution in [-0.2, 0) is 0 Å². The van der Waals surface area contributed by atoms with Gasteiger partial charge in [-0.3, -0.25) is 4.79 Å². The van der Waals surface area contributed by atoms with E-state index in [1.54, 1.807) is 18.2 Å². The van der Waals surface area contributed by atoms with Gasteiger partial charge in [-0.1, -0.05) is 23.2 Å². The number of aromatic hydroxyl groups is 1. The predicted molar refractivity (Wildman–Crippen MR) is 79.1 cm³/mol. The highest BCUT2D eigenvalue weighted by Crippen LogP contribution is 2.28. The highest BCUT2D eigenvalue weighted by atomic mass is 35.5. The molecule has 0 radical (unpaired) electrons. The van der Waals surface area contributed by atoms with Crippen molar-refractivity contribution in [2.45, 2.75) is 0 Å². The van der Waals surface area contributed by atoms with Crippen LogP contribution < -0.4 is 10.1 Å². The lowest BCUT2D eigenvalue weighted by Crippen LogP contribution is -2.12. The van der Waals surface area contributed by atoms with Gasteiger partial charge in [0.2, 0.25) is 0 Å². The van der Waals surface area contributed by atoms with Crippen LogP contribution in [0.5, 0.6) is 11.5 Å². The number of carbonyl (C=O) groups is 1. The van der Waals surface area contributed by atoms with Crippen molar-refractivity contribution in [1.82, 2.24) is 0 Å². The molecule has 104 valence electrons. The van der Waals surface area contributed by atoms with Crippen LogP contribution in [0.2, 0.25) is 10.0 Å². The van der Waals surface area contributed by atoms with Crippen molar-refractivity contribution in [3.63, 3.8) is 0 Å². The van der Waals surface area contributed by atoms with E-state index in [4.69, 9.17) is 27.9 Å². The Kier molecular flexibility index (Phi) is 4.37. The zero-order valence-electron chi connectivity index (χ0n) is 10.5. The lowest BCUT2D eigenvalue weighted by atomic mass is 10.2. The Bertz CT molecular complexity index is 659. The molecule has 0 fully saturated rings. The third kappa shape index (κ3) is 3.15. The van der Waals surface area contributed by atoms with Crippen molar-refractivity contribution in [1.29, 1.82) is 0 Å². The Balaban J connectivity index is 2.24. The first-order valence-corrected chi connectivity index (χ1v) is 6.40. The molecule has 0 saturated carbocycles. The summed E-state index contributed by atoms with van der Waals surface area (Å²) in [6.45, 7) is 0. The molecule has 2 aromatic rings. The van der Waals surface area contributed by atoms with Crippen molar-refractivity contribution in [3.05, 3.63) is 52.0 Å². The number of phenols is 1. The average Bonchev–Trinajstić information content (AvgIpc) is 2.42. The number of anilines is 1. The van der Waals surface area contributed by atoms with Gasteiger partial charge in [-0.25, -0.2) is 0 Å². The minimum atomic E-state index is -0.410. The first-order valence-electron chi connectivity index (χ1n) is 5.64. The number of halogens is 2. The lowest BCUT2D eigenvalue weighted by Gasteiger charge is -2.09. The average molecular weight is 312 g/mol. The Morgan fingerprint density at radius 1 is 1.20 bits per heavy atom. The molecule has 0 atom stereocenters. The molecular weight excluding hydrogens is 301 g/mol. The molecule has 6 heteroatoms. The quantitative estimate of drug-likeness (QED) is 0.902. The Morgan fingerprint density at radius 3 is 2.60 bits per heavy atom. The van der Waals surface area contributed by atoms with Gasteiger partial charge in [-0.05, 0) is 36.4 Å². The van der Waals surface area contributed by atoms with Crippen LogP contribution in [0.25, 0.3) is 0 Å². The molecule has 2 N–H and O–H groups in total. The molecule has 0 aliphatic rings. The summed E-state index contributed by atoms with van der Waals surface area (Å²) in [5, 5.41) is 13.1. The number of hydrogen-bond donors (Lipinski definition) is 2. The molecule has 0 aromatic heterocycles. The number of nitrogens with one attached hydrogen (secondary N) is 1. The van der Waals surface area contributed by atoms with Crippen molar-refractivity contribution in [2.75, 3.05) is 12.4 Å². The van der Waals surface area contributed by atoms with Crippen molar-refractivity contribution in [2.24, 2.45) is 0 Å². The first-order chi connectivity index (χ1) is 9.51. The van der Waals surface area contributed by atoms with Gasteiger partial charge in [0.15, 0.2) is 11.5 Å². The van der Waals surface area contributed by atoms with Crippen molar-refractivity contribution >= 4 is 34.8 Å². The van der Waals surface area contributed by atoms with Gasteiger partial charge in [0.1, 0.15) is 0 Å². The van der Waals surface area contributed by atoms with Gasteiger partial charge in [0.25, 0.3) is 5.91 Å². The van der Waals surface area contributed by atoms with Crippen molar-refractivity contribution in [3.8, 4) is 11.5 Å². The predicted octanol–water partition coefficient (Wildman–Crippen LogP) is 3.96. The van der Waals surface area contributed by atoms with E-state index in [1.807, 2.05) is 0 Å². The molecule has 0 saturated heterocycles. The van der Waals surface area contributed by atoms with E-state index in [9.17, 15) is 9.90 Å². The van der Waals surface area contributed by atoms with Crippen LogP contribution >= 0.6 is 23.2 Å². The van der Waals surface area contributed by atoms with Crippen LogP contribution in [0.1, 0.15) is 10.4 Å². The maximum atomic E-state index is 12.1. The highest BCUT2D eigenvalue weighted by Gasteiger charge is 2.11. The molecule has 0 aliphatic heterocycles. The summed E-state index contributed by atoms with van der Waals surface area (Å²) < 4.78 is 4.91. The summed E-state index contributed by atoms with van der Waals surface area (Å²) in [5.74, 6) is -0.230. The van der Waals surface area contributed by atoms with E-state index in [0.717, 1.165) is 0 Å². The van der Waals surface area contributed by atoms with Gasteiger partial charge < -0.3 is 15.2 Å². The Labute approximate surface area is 125 Å². The molecule has 0 spiro atoms. The molecule has 0 unspecified atom stereocenters. The largest absolute Gasteiger partial charge is 0.504 e. The molecule has 0 aliphatic carbocycles. The lowest BCUT2D eigenvalue weighted by molar-refractivity contribution is 0.102. The van der Waals surface area contributed by atoms with Gasteiger partial charge >= 0.3 is 0 Å². The molecule has 2 aromatic carbocycles. The van der Waals surface area contributed by atoms with Crippen LogP contribution in [0.15, 0.2) is 36.4 Å². The van der Waals surface area contributed by atoms with Gasteiger partial charge in [-0.2, -0.15) is 0 Å². The molecule has 2 rings (SSSR count). The van der Waals surface area contributed by atoms with E-state index in [-0.39, 0.29) is 11.3 Å². The minimum absolute atomic E-state index is 0.114. The fourth-order valence-corrected chi connectivity index (χ4v) is 1.96. The normalized spacial score (nSPS) is 10.2. The van der Waals surface area contributed by atoms with E-state index in [0.29, 0.717) is 21.5 Å². The SMILES string of the molecule is COc1ccc(C(=O)Nc2cc(Cl)ccc2Cl)cc1O. The zero-order valence-corrected chi connectivity index (χ0v) is 12.0. The maximum absolute atomic E-state index is 12.1. The summed E-state index contributed by atoms with van der Waals surface area (Å²) in [7, 11) is 1.43. The summed E-state index contributed by atoms with van der Waals surface area (Å²) in [4.78, 5) is 12.1. The molecule has 4 nitrogen and oxygen atoms in total. The highest BCUT2D eigenvalue weighted by molar-refractivity contribution is 6.35. The molecular formula is C14H11Cl2NO3. The fraction of sp³-hybridized carbons (Fsp3) is 0.0714. The third-order valence-electron chi connectivity index (χ3n) is 2.62. The Morgan fingerprint density at radius 2 is 1.95 bits per heavy atom. The second-order valence-electron chi connectivity index (χ2n) is 3.96. The van der Waals surface area contributed by atoms with E-state index in [1.165, 1.54) is 25.3 Å². The molecule has 1 amide bonds. The Hall–Kier alpha value is -1.91. The van der Waals surface area contributed by atoms with Crippen LogP contribution in [0.3, 0.4) is 0 Å². The smallest absolute Gasteiger partial charge is 0.255 e. The second kappa shape index (κ2) is 6.03. The number of hydrogen-bond acceptors (Lipinski definition) is 3. The molecule has 0 heterocycles. The topological polar surface area (TPSA) is 58.6 Å². The number of methoxy groups -OCH3 is 1. The number of carbonyl (C=O) groups excluding carboxylic acids is 1. The number of rotatable bonds is 3. The van der Waals surface area contributed by atoms with Gasteiger partial charge in [0, 0.05) is 10.6 Å². The number of ether oxygens (including phenoxy) is 1.